The quantitative estimate of drug-likeness (QED) is 0.259. The Balaban J connectivity index is 1.66. The summed E-state index contributed by atoms with van der Waals surface area (Å²) in [5.74, 6) is 0.0477. The molecule has 7 nitrogen and oxygen atoms in total. The summed E-state index contributed by atoms with van der Waals surface area (Å²) < 4.78 is 16.0. The highest BCUT2D eigenvalue weighted by molar-refractivity contribution is 6.30. The molecule has 0 aliphatic carbocycles. The van der Waals surface area contributed by atoms with Crippen LogP contribution in [0.2, 0.25) is 5.02 Å². The highest BCUT2D eigenvalue weighted by atomic mass is 35.5. The summed E-state index contributed by atoms with van der Waals surface area (Å²) in [5.41, 5.74) is 2.74. The Labute approximate surface area is 208 Å². The van der Waals surface area contributed by atoms with Gasteiger partial charge in [0.05, 0.1) is 19.8 Å². The minimum atomic E-state index is -0.489. The maximum atomic E-state index is 12.5. The Hall–Kier alpha value is -4.28. The van der Waals surface area contributed by atoms with E-state index < -0.39 is 11.9 Å². The predicted octanol–water partition coefficient (Wildman–Crippen LogP) is 4.94. The van der Waals surface area contributed by atoms with Crippen LogP contribution >= 0.6 is 11.6 Å². The van der Waals surface area contributed by atoms with Crippen molar-refractivity contribution in [2.75, 3.05) is 14.2 Å². The molecule has 1 N–H and O–H groups in total. The fourth-order valence-corrected chi connectivity index (χ4v) is 3.23. The molecule has 0 heterocycles. The molecular formula is C27H23ClN2O5. The Morgan fingerprint density at radius 2 is 1.66 bits per heavy atom. The van der Waals surface area contributed by atoms with Crippen LogP contribution < -0.4 is 14.8 Å². The standard InChI is InChI=1S/C27H23ClN2O5/c1-33-25-14-20(13-22(15-29)26(31)30-16-18-5-10-23(28)11-6-18)7-12-24(25)35-17-19-3-8-21(9-4-19)27(32)34-2/h3-14H,16-17H2,1-2H3,(H,30,31)/b22-13+. The van der Waals surface area contributed by atoms with Gasteiger partial charge < -0.3 is 19.5 Å². The lowest BCUT2D eigenvalue weighted by Crippen LogP contribution is -2.23. The van der Waals surface area contributed by atoms with E-state index in [1.165, 1.54) is 20.3 Å². The van der Waals surface area contributed by atoms with E-state index in [9.17, 15) is 14.9 Å². The van der Waals surface area contributed by atoms with Crippen LogP contribution in [-0.2, 0) is 22.7 Å². The molecule has 0 saturated heterocycles. The number of carbonyl (C=O) groups excluding carboxylic acids is 2. The molecule has 0 bridgehead atoms. The van der Waals surface area contributed by atoms with E-state index in [2.05, 4.69) is 5.32 Å². The molecule has 3 aromatic rings. The second-order valence-corrected chi connectivity index (χ2v) is 7.80. The van der Waals surface area contributed by atoms with Gasteiger partial charge in [-0.3, -0.25) is 4.79 Å². The summed E-state index contributed by atoms with van der Waals surface area (Å²) in [7, 11) is 2.84. The molecule has 1 amide bonds. The average Bonchev–Trinajstić information content (AvgIpc) is 2.90. The van der Waals surface area contributed by atoms with E-state index in [0.717, 1.165) is 11.1 Å². The highest BCUT2D eigenvalue weighted by Gasteiger charge is 2.11. The number of carbonyl (C=O) groups is 2. The molecule has 178 valence electrons. The van der Waals surface area contributed by atoms with Crippen molar-refractivity contribution >= 4 is 29.6 Å². The Morgan fingerprint density at radius 3 is 2.29 bits per heavy atom. The van der Waals surface area contributed by atoms with Crippen molar-refractivity contribution in [1.82, 2.24) is 5.32 Å². The zero-order chi connectivity index (χ0) is 25.2. The van der Waals surface area contributed by atoms with E-state index in [1.807, 2.05) is 6.07 Å². The molecule has 35 heavy (non-hydrogen) atoms. The van der Waals surface area contributed by atoms with Gasteiger partial charge in [-0.1, -0.05) is 41.9 Å². The van der Waals surface area contributed by atoms with E-state index in [0.29, 0.717) is 27.6 Å². The van der Waals surface area contributed by atoms with E-state index in [1.54, 1.807) is 66.7 Å². The van der Waals surface area contributed by atoms with Gasteiger partial charge in [-0.05, 0) is 59.2 Å². The molecular weight excluding hydrogens is 468 g/mol. The zero-order valence-corrected chi connectivity index (χ0v) is 20.0. The number of hydrogen-bond donors (Lipinski definition) is 1. The second-order valence-electron chi connectivity index (χ2n) is 7.37. The summed E-state index contributed by atoms with van der Waals surface area (Å²) >= 11 is 5.87. The number of nitriles is 1. The molecule has 0 unspecified atom stereocenters. The second kappa shape index (κ2) is 12.3. The lowest BCUT2D eigenvalue weighted by Gasteiger charge is -2.12. The molecule has 0 saturated carbocycles. The number of methoxy groups -OCH3 is 2. The van der Waals surface area contributed by atoms with Crippen LogP contribution in [0, 0.1) is 11.3 Å². The third-order valence-corrected chi connectivity index (χ3v) is 5.25. The van der Waals surface area contributed by atoms with Crippen LogP contribution in [0.5, 0.6) is 11.5 Å². The Kier molecular flexibility index (Phi) is 8.88. The van der Waals surface area contributed by atoms with Crippen LogP contribution in [0.25, 0.3) is 6.08 Å². The summed E-state index contributed by atoms with van der Waals surface area (Å²) in [6, 6.07) is 21.0. The number of hydrogen-bond acceptors (Lipinski definition) is 6. The first-order valence-corrected chi connectivity index (χ1v) is 10.9. The van der Waals surface area contributed by atoms with Crippen LogP contribution in [0.3, 0.4) is 0 Å². The first-order valence-electron chi connectivity index (χ1n) is 10.6. The largest absolute Gasteiger partial charge is 0.493 e. The normalized spacial score (nSPS) is 10.7. The van der Waals surface area contributed by atoms with Crippen LogP contribution in [-0.4, -0.2) is 26.1 Å². The number of ether oxygens (including phenoxy) is 3. The number of rotatable bonds is 9. The van der Waals surface area contributed by atoms with Gasteiger partial charge in [-0.2, -0.15) is 5.26 Å². The number of halogens is 1. The summed E-state index contributed by atoms with van der Waals surface area (Å²) in [6.45, 7) is 0.523. The highest BCUT2D eigenvalue weighted by Crippen LogP contribution is 2.29. The number of nitrogens with zero attached hydrogens (tertiary/aromatic N) is 1. The first kappa shape index (κ1) is 25.3. The van der Waals surface area contributed by atoms with Crippen molar-refractivity contribution in [1.29, 1.82) is 5.26 Å². The third kappa shape index (κ3) is 7.10. The number of amides is 1. The zero-order valence-electron chi connectivity index (χ0n) is 19.2. The molecule has 3 rings (SSSR count). The first-order chi connectivity index (χ1) is 16.9. The van der Waals surface area contributed by atoms with Gasteiger partial charge in [0.15, 0.2) is 11.5 Å². The van der Waals surface area contributed by atoms with Crippen molar-refractivity contribution in [2.45, 2.75) is 13.2 Å². The third-order valence-electron chi connectivity index (χ3n) is 5.00. The lowest BCUT2D eigenvalue weighted by molar-refractivity contribution is -0.117. The number of benzene rings is 3. The fraction of sp³-hybridized carbons (Fsp3) is 0.148. The fourth-order valence-electron chi connectivity index (χ4n) is 3.10. The average molecular weight is 491 g/mol. The van der Waals surface area contributed by atoms with Crippen molar-refractivity contribution in [2.24, 2.45) is 0 Å². The topological polar surface area (TPSA) is 97.7 Å². The number of esters is 1. The number of nitrogens with one attached hydrogen (secondary N) is 1. The predicted molar refractivity (Wildman–Crippen MR) is 132 cm³/mol. The van der Waals surface area contributed by atoms with E-state index >= 15 is 0 Å². The van der Waals surface area contributed by atoms with E-state index in [4.69, 9.17) is 25.8 Å². The van der Waals surface area contributed by atoms with Crippen LogP contribution in [0.15, 0.2) is 72.3 Å². The van der Waals surface area contributed by atoms with Crippen molar-refractivity contribution < 1.29 is 23.8 Å². The summed E-state index contributed by atoms with van der Waals surface area (Å²) in [5, 5.41) is 12.8. The molecule has 0 spiro atoms. The van der Waals surface area contributed by atoms with Crippen molar-refractivity contribution in [3.8, 4) is 17.6 Å². The minimum absolute atomic E-state index is 0.0413. The summed E-state index contributed by atoms with van der Waals surface area (Å²) in [6.07, 6.45) is 1.48. The van der Waals surface area contributed by atoms with Gasteiger partial charge >= 0.3 is 5.97 Å². The van der Waals surface area contributed by atoms with Gasteiger partial charge in [0.25, 0.3) is 5.91 Å². The molecule has 0 aromatic heterocycles. The smallest absolute Gasteiger partial charge is 0.337 e. The van der Waals surface area contributed by atoms with Crippen molar-refractivity contribution in [3.63, 3.8) is 0 Å². The monoisotopic (exact) mass is 490 g/mol. The lowest BCUT2D eigenvalue weighted by atomic mass is 10.1. The Bertz CT molecular complexity index is 1260. The summed E-state index contributed by atoms with van der Waals surface area (Å²) in [4.78, 5) is 24.0. The van der Waals surface area contributed by atoms with E-state index in [-0.39, 0.29) is 18.7 Å². The van der Waals surface area contributed by atoms with Crippen molar-refractivity contribution in [3.05, 3.63) is 99.6 Å². The van der Waals surface area contributed by atoms with Crippen LogP contribution in [0.1, 0.15) is 27.0 Å². The molecule has 0 radical (unpaired) electrons. The maximum Gasteiger partial charge on any atom is 0.337 e. The Morgan fingerprint density at radius 1 is 0.971 bits per heavy atom. The SMILES string of the molecule is COC(=O)c1ccc(COc2ccc(/C=C(\C#N)C(=O)NCc3ccc(Cl)cc3)cc2OC)cc1. The maximum absolute atomic E-state index is 12.5. The van der Waals surface area contributed by atoms with Gasteiger partial charge in [0.2, 0.25) is 0 Å². The molecule has 0 aliphatic rings. The molecule has 0 fully saturated rings. The molecule has 8 heteroatoms. The molecule has 0 atom stereocenters. The van der Waals surface area contributed by atoms with Gasteiger partial charge in [0.1, 0.15) is 18.2 Å². The van der Waals surface area contributed by atoms with Gasteiger partial charge in [-0.25, -0.2) is 4.79 Å². The van der Waals surface area contributed by atoms with Gasteiger partial charge in [0, 0.05) is 11.6 Å². The minimum Gasteiger partial charge on any atom is -0.493 e. The molecule has 3 aromatic carbocycles. The van der Waals surface area contributed by atoms with Gasteiger partial charge in [-0.15, -0.1) is 0 Å². The molecule has 0 aliphatic heterocycles. The van der Waals surface area contributed by atoms with Crippen LogP contribution in [0.4, 0.5) is 0 Å².